The Labute approximate surface area is 158 Å². The van der Waals surface area contributed by atoms with Crippen molar-refractivity contribution in [2.75, 3.05) is 13.2 Å². The lowest BCUT2D eigenvalue weighted by atomic mass is 10.2. The first-order valence-corrected chi connectivity index (χ1v) is 9.83. The fourth-order valence-electron chi connectivity index (χ4n) is 1.83. The topological polar surface area (TPSA) is 131 Å². The van der Waals surface area contributed by atoms with Crippen LogP contribution in [-0.2, 0) is 24.3 Å². The zero-order chi connectivity index (χ0) is 20.6. The van der Waals surface area contributed by atoms with Crippen molar-refractivity contribution in [1.29, 1.82) is 0 Å². The van der Waals surface area contributed by atoms with Crippen LogP contribution >= 0.6 is 0 Å². The molecule has 0 aromatic heterocycles. The van der Waals surface area contributed by atoms with Crippen molar-refractivity contribution < 1.29 is 27.5 Å². The molecule has 1 atom stereocenters. The first-order valence-electron chi connectivity index (χ1n) is 8.34. The van der Waals surface area contributed by atoms with Crippen LogP contribution in [0.4, 0.5) is 4.79 Å². The molecule has 150 valence electrons. The highest BCUT2D eigenvalue weighted by atomic mass is 32.2. The highest BCUT2D eigenvalue weighted by Crippen LogP contribution is 2.10. The Kier molecular flexibility index (Phi) is 8.38. The third-order valence-electron chi connectivity index (χ3n) is 3.29. The fourth-order valence-corrected chi connectivity index (χ4v) is 3.02. The molecule has 3 N–H and O–H groups in total. The third-order valence-corrected chi connectivity index (χ3v) is 4.84. The van der Waals surface area contributed by atoms with Crippen molar-refractivity contribution in [3.8, 4) is 0 Å². The zero-order valence-corrected chi connectivity index (χ0v) is 16.6. The average molecular weight is 399 g/mol. The third kappa shape index (κ3) is 8.18. The summed E-state index contributed by atoms with van der Waals surface area (Å²) < 4.78 is 31.3. The Balaban J connectivity index is 2.48. The lowest BCUT2D eigenvalue weighted by molar-refractivity contribution is -0.149. The molecular weight excluding hydrogens is 374 g/mol. The van der Waals surface area contributed by atoms with E-state index in [-0.39, 0.29) is 10.8 Å². The van der Waals surface area contributed by atoms with Gasteiger partial charge in [-0.05, 0) is 31.9 Å². The van der Waals surface area contributed by atoms with E-state index >= 15 is 0 Å². The Hall–Kier alpha value is -2.46. The summed E-state index contributed by atoms with van der Waals surface area (Å²) in [7, 11) is -3.91. The Morgan fingerprint density at radius 2 is 1.67 bits per heavy atom. The van der Waals surface area contributed by atoms with Gasteiger partial charge >= 0.3 is 12.0 Å². The highest BCUT2D eigenvalue weighted by Gasteiger charge is 2.23. The van der Waals surface area contributed by atoms with Crippen molar-refractivity contribution >= 4 is 27.9 Å². The molecule has 1 aromatic rings. The average Bonchev–Trinajstić information content (AvgIpc) is 2.57. The van der Waals surface area contributed by atoms with E-state index in [0.717, 1.165) is 5.56 Å². The second-order valence-electron chi connectivity index (χ2n) is 6.42. The van der Waals surface area contributed by atoms with E-state index < -0.39 is 40.6 Å². The van der Waals surface area contributed by atoms with Gasteiger partial charge < -0.3 is 10.1 Å². The lowest BCUT2D eigenvalue weighted by Gasteiger charge is -2.14. The van der Waals surface area contributed by atoms with Crippen LogP contribution in [0.25, 0.3) is 0 Å². The molecule has 0 radical (unpaired) electrons. The smallest absolute Gasteiger partial charge is 0.324 e. The minimum Gasteiger partial charge on any atom is -0.454 e. The molecule has 10 heteroatoms. The summed E-state index contributed by atoms with van der Waals surface area (Å²) in [6, 6.07) is 4.19. The van der Waals surface area contributed by atoms with Gasteiger partial charge in [-0.3, -0.25) is 14.9 Å². The monoisotopic (exact) mass is 399 g/mol. The molecule has 9 nitrogen and oxygen atoms in total. The number of rotatable bonds is 8. The van der Waals surface area contributed by atoms with Crippen molar-refractivity contribution in [3.63, 3.8) is 0 Å². The molecule has 3 amide bonds. The van der Waals surface area contributed by atoms with Gasteiger partial charge in [-0.25, -0.2) is 13.2 Å². The molecule has 0 bridgehead atoms. The molecule has 0 aliphatic heterocycles. The molecule has 0 unspecified atom stereocenters. The van der Waals surface area contributed by atoms with E-state index in [9.17, 15) is 22.8 Å². The molecule has 0 aliphatic carbocycles. The Morgan fingerprint density at radius 3 is 2.22 bits per heavy atom. The molecule has 27 heavy (non-hydrogen) atoms. The number of amides is 3. The van der Waals surface area contributed by atoms with Crippen LogP contribution in [0.1, 0.15) is 26.3 Å². The molecule has 0 saturated carbocycles. The maximum atomic E-state index is 12.2. The SMILES string of the molecule is Cc1ccc(S(=O)(=O)N[C@@H](C)C(=O)OCC(=O)NC(=O)NCC(C)C)cc1. The summed E-state index contributed by atoms with van der Waals surface area (Å²) in [5.41, 5.74) is 0.893. The van der Waals surface area contributed by atoms with Crippen molar-refractivity contribution in [2.24, 2.45) is 5.92 Å². The normalized spacial score (nSPS) is 12.3. The maximum absolute atomic E-state index is 12.2. The maximum Gasteiger partial charge on any atom is 0.324 e. The summed E-state index contributed by atoms with van der Waals surface area (Å²) in [6.45, 7) is 6.58. The molecule has 0 fully saturated rings. The zero-order valence-electron chi connectivity index (χ0n) is 15.7. The van der Waals surface area contributed by atoms with Crippen LogP contribution in [-0.4, -0.2) is 45.5 Å². The van der Waals surface area contributed by atoms with Crippen LogP contribution in [0.5, 0.6) is 0 Å². The minimum absolute atomic E-state index is 0.00677. The summed E-state index contributed by atoms with van der Waals surface area (Å²) in [5, 5.41) is 4.48. The van der Waals surface area contributed by atoms with Gasteiger partial charge in [-0.1, -0.05) is 31.5 Å². The predicted octanol–water partition coefficient (Wildman–Crippen LogP) is 0.687. The summed E-state index contributed by atoms with van der Waals surface area (Å²) in [6.07, 6.45) is 0. The number of carbonyl (C=O) groups excluding carboxylic acids is 3. The Bertz CT molecular complexity index is 774. The van der Waals surface area contributed by atoms with Gasteiger partial charge in [0.15, 0.2) is 6.61 Å². The van der Waals surface area contributed by atoms with Gasteiger partial charge in [0.25, 0.3) is 5.91 Å². The van der Waals surface area contributed by atoms with Crippen LogP contribution < -0.4 is 15.4 Å². The largest absolute Gasteiger partial charge is 0.454 e. The lowest BCUT2D eigenvalue weighted by Crippen LogP contribution is -2.44. The van der Waals surface area contributed by atoms with Crippen LogP contribution in [0.15, 0.2) is 29.2 Å². The van der Waals surface area contributed by atoms with Gasteiger partial charge in [-0.15, -0.1) is 0 Å². The van der Waals surface area contributed by atoms with Crippen LogP contribution in [0, 0.1) is 12.8 Å². The highest BCUT2D eigenvalue weighted by molar-refractivity contribution is 7.89. The molecular formula is C17H25N3O6S. The quantitative estimate of drug-likeness (QED) is 0.551. The molecule has 1 aromatic carbocycles. The van der Waals surface area contributed by atoms with Crippen LogP contribution in [0.3, 0.4) is 0 Å². The van der Waals surface area contributed by atoms with E-state index in [1.165, 1.54) is 19.1 Å². The van der Waals surface area contributed by atoms with Gasteiger partial charge in [0.1, 0.15) is 6.04 Å². The van der Waals surface area contributed by atoms with Gasteiger partial charge in [0.2, 0.25) is 10.0 Å². The van der Waals surface area contributed by atoms with Crippen molar-refractivity contribution in [3.05, 3.63) is 29.8 Å². The number of esters is 1. The number of hydrogen-bond donors (Lipinski definition) is 3. The van der Waals surface area contributed by atoms with Gasteiger partial charge in [-0.2, -0.15) is 4.72 Å². The molecule has 1 rings (SSSR count). The van der Waals surface area contributed by atoms with E-state index in [1.54, 1.807) is 12.1 Å². The van der Waals surface area contributed by atoms with E-state index in [4.69, 9.17) is 4.74 Å². The van der Waals surface area contributed by atoms with E-state index in [0.29, 0.717) is 6.54 Å². The number of hydrogen-bond acceptors (Lipinski definition) is 6. The number of urea groups is 1. The number of sulfonamides is 1. The number of benzene rings is 1. The van der Waals surface area contributed by atoms with Crippen molar-refractivity contribution in [2.45, 2.75) is 38.6 Å². The standard InChI is InChI=1S/C17H25N3O6S/c1-11(2)9-18-17(23)19-15(21)10-26-16(22)13(4)20-27(24,25)14-7-5-12(3)6-8-14/h5-8,11,13,20H,9-10H2,1-4H3,(H2,18,19,21,23)/t13-/m0/s1. The van der Waals surface area contributed by atoms with Gasteiger partial charge in [0.05, 0.1) is 4.90 Å². The molecule has 0 saturated heterocycles. The van der Waals surface area contributed by atoms with E-state index in [2.05, 4.69) is 10.0 Å². The summed E-state index contributed by atoms with van der Waals surface area (Å²) in [4.78, 5) is 34.9. The number of nitrogens with one attached hydrogen (secondary N) is 3. The molecule has 0 heterocycles. The second kappa shape index (κ2) is 10.0. The second-order valence-corrected chi connectivity index (χ2v) is 8.13. The number of imide groups is 1. The van der Waals surface area contributed by atoms with Gasteiger partial charge in [0, 0.05) is 6.54 Å². The first kappa shape index (κ1) is 22.6. The predicted molar refractivity (Wildman–Crippen MR) is 98.3 cm³/mol. The summed E-state index contributed by atoms with van der Waals surface area (Å²) in [5.74, 6) is -1.55. The molecule has 0 aliphatic rings. The minimum atomic E-state index is -3.91. The molecule has 0 spiro atoms. The van der Waals surface area contributed by atoms with E-state index in [1.807, 2.05) is 26.1 Å². The fraction of sp³-hybridized carbons (Fsp3) is 0.471. The first-order chi connectivity index (χ1) is 12.5. The van der Waals surface area contributed by atoms with Crippen LogP contribution in [0.2, 0.25) is 0 Å². The number of aryl methyl sites for hydroxylation is 1. The van der Waals surface area contributed by atoms with Crippen molar-refractivity contribution in [1.82, 2.24) is 15.4 Å². The Morgan fingerprint density at radius 1 is 1.07 bits per heavy atom. The number of carbonyl (C=O) groups is 3. The summed E-state index contributed by atoms with van der Waals surface area (Å²) >= 11 is 0. The number of ether oxygens (including phenoxy) is 1.